The van der Waals surface area contributed by atoms with E-state index in [0.717, 1.165) is 38.0 Å². The zero-order valence-corrected chi connectivity index (χ0v) is 17.4. The molecule has 1 aliphatic rings. The fourth-order valence-corrected chi connectivity index (χ4v) is 3.74. The fraction of sp³-hybridized carbons (Fsp3) is 0.320. The van der Waals surface area contributed by atoms with Gasteiger partial charge in [0.05, 0.1) is 6.54 Å². The van der Waals surface area contributed by atoms with E-state index in [4.69, 9.17) is 9.47 Å². The van der Waals surface area contributed by atoms with E-state index in [9.17, 15) is 4.79 Å². The lowest BCUT2D eigenvalue weighted by Gasteiger charge is -2.24. The Morgan fingerprint density at radius 3 is 2.67 bits per heavy atom. The Morgan fingerprint density at radius 1 is 1.00 bits per heavy atom. The molecule has 0 saturated heterocycles. The second-order valence-electron chi connectivity index (χ2n) is 7.61. The minimum absolute atomic E-state index is 0.0249. The number of ether oxygens (including phenoxy) is 2. The van der Waals surface area contributed by atoms with Crippen LogP contribution in [0.15, 0.2) is 66.9 Å². The van der Waals surface area contributed by atoms with E-state index < -0.39 is 0 Å². The fourth-order valence-electron chi connectivity index (χ4n) is 3.74. The number of hydrogen-bond donors (Lipinski definition) is 0. The number of carbonyl (C=O) groups excluding carboxylic acids is 1. The van der Waals surface area contributed by atoms with Crippen molar-refractivity contribution >= 4 is 5.91 Å². The van der Waals surface area contributed by atoms with Gasteiger partial charge in [0.25, 0.3) is 5.91 Å². The molecule has 5 nitrogen and oxygen atoms in total. The van der Waals surface area contributed by atoms with Crippen molar-refractivity contribution in [1.29, 1.82) is 0 Å². The molecule has 3 aromatic rings. The third kappa shape index (κ3) is 4.67. The zero-order chi connectivity index (χ0) is 20.8. The van der Waals surface area contributed by atoms with Gasteiger partial charge >= 0.3 is 0 Å². The molecule has 0 spiro atoms. The first-order chi connectivity index (χ1) is 14.7. The molecule has 0 fully saturated rings. The van der Waals surface area contributed by atoms with Crippen LogP contribution in [0.2, 0.25) is 0 Å². The molecule has 156 valence electrons. The largest absolute Gasteiger partial charge is 0.454 e. The van der Waals surface area contributed by atoms with Gasteiger partial charge in [-0.15, -0.1) is 0 Å². The average Bonchev–Trinajstić information content (AvgIpc) is 3.42. The zero-order valence-electron chi connectivity index (χ0n) is 17.4. The number of aromatic nitrogens is 1. The maximum Gasteiger partial charge on any atom is 0.254 e. The SMILES string of the molecule is CCCCCN(Cc1cccn1Cc1ccccc1)C(=O)c1ccc2c(c1)OCO2. The molecule has 0 radical (unpaired) electrons. The highest BCUT2D eigenvalue weighted by atomic mass is 16.7. The summed E-state index contributed by atoms with van der Waals surface area (Å²) in [5, 5.41) is 0. The van der Waals surface area contributed by atoms with Gasteiger partial charge in [0.2, 0.25) is 6.79 Å². The van der Waals surface area contributed by atoms with Crippen LogP contribution in [0, 0.1) is 0 Å². The molecule has 0 aliphatic carbocycles. The lowest BCUT2D eigenvalue weighted by atomic mass is 10.1. The first-order valence-electron chi connectivity index (χ1n) is 10.6. The van der Waals surface area contributed by atoms with Gasteiger partial charge in [-0.05, 0) is 42.3 Å². The van der Waals surface area contributed by atoms with E-state index >= 15 is 0 Å². The Balaban J connectivity index is 1.53. The number of fused-ring (bicyclic) bond motifs is 1. The summed E-state index contributed by atoms with van der Waals surface area (Å²) in [6.45, 7) is 4.49. The van der Waals surface area contributed by atoms with Gasteiger partial charge in [-0.2, -0.15) is 0 Å². The highest BCUT2D eigenvalue weighted by Gasteiger charge is 2.21. The molecule has 1 aliphatic heterocycles. The first-order valence-corrected chi connectivity index (χ1v) is 10.6. The Bertz CT molecular complexity index is 981. The number of benzene rings is 2. The van der Waals surface area contributed by atoms with Gasteiger partial charge in [0, 0.05) is 30.5 Å². The number of hydrogen-bond acceptors (Lipinski definition) is 3. The Kier molecular flexibility index (Phi) is 6.38. The molecule has 0 bridgehead atoms. The monoisotopic (exact) mass is 404 g/mol. The summed E-state index contributed by atoms with van der Waals surface area (Å²) in [7, 11) is 0. The van der Waals surface area contributed by atoms with Crippen LogP contribution in [-0.2, 0) is 13.1 Å². The van der Waals surface area contributed by atoms with Crippen molar-refractivity contribution in [1.82, 2.24) is 9.47 Å². The molecule has 1 aromatic heterocycles. The standard InChI is InChI=1S/C25H28N2O3/c1-2-3-7-14-27(25(28)21-12-13-23-24(16-21)30-19-29-23)18-22-11-8-15-26(22)17-20-9-5-4-6-10-20/h4-6,8-13,15-16H,2-3,7,14,17-19H2,1H3. The van der Waals surface area contributed by atoms with E-state index in [2.05, 4.69) is 48.0 Å². The van der Waals surface area contributed by atoms with Crippen molar-refractivity contribution in [3.63, 3.8) is 0 Å². The van der Waals surface area contributed by atoms with Gasteiger partial charge < -0.3 is 18.9 Å². The van der Waals surface area contributed by atoms with Crippen LogP contribution in [0.5, 0.6) is 11.5 Å². The average molecular weight is 405 g/mol. The highest BCUT2D eigenvalue weighted by Crippen LogP contribution is 2.33. The summed E-state index contributed by atoms with van der Waals surface area (Å²) in [5.41, 5.74) is 3.01. The molecule has 1 amide bonds. The lowest BCUT2D eigenvalue weighted by molar-refractivity contribution is 0.0736. The van der Waals surface area contributed by atoms with Gasteiger partial charge in [0.1, 0.15) is 0 Å². The van der Waals surface area contributed by atoms with Crippen LogP contribution < -0.4 is 9.47 Å². The van der Waals surface area contributed by atoms with Gasteiger partial charge in [-0.25, -0.2) is 0 Å². The van der Waals surface area contributed by atoms with Crippen molar-refractivity contribution in [3.8, 4) is 11.5 Å². The van der Waals surface area contributed by atoms with E-state index in [1.807, 2.05) is 29.2 Å². The minimum atomic E-state index is 0.0249. The second-order valence-corrected chi connectivity index (χ2v) is 7.61. The molecule has 0 unspecified atom stereocenters. The van der Waals surface area contributed by atoms with Crippen LogP contribution >= 0.6 is 0 Å². The summed E-state index contributed by atoms with van der Waals surface area (Å²) >= 11 is 0. The third-order valence-corrected chi connectivity index (χ3v) is 5.41. The number of nitrogens with zero attached hydrogens (tertiary/aromatic N) is 2. The van der Waals surface area contributed by atoms with E-state index in [1.54, 1.807) is 6.07 Å². The lowest BCUT2D eigenvalue weighted by Crippen LogP contribution is -2.32. The molecule has 0 atom stereocenters. The van der Waals surface area contributed by atoms with Crippen LogP contribution in [0.4, 0.5) is 0 Å². The Hall–Kier alpha value is -3.21. The molecular weight excluding hydrogens is 376 g/mol. The van der Waals surface area contributed by atoms with Crippen molar-refractivity contribution < 1.29 is 14.3 Å². The number of unbranched alkanes of at least 4 members (excludes halogenated alkanes) is 2. The summed E-state index contributed by atoms with van der Waals surface area (Å²) in [4.78, 5) is 15.3. The topological polar surface area (TPSA) is 43.7 Å². The van der Waals surface area contributed by atoms with Crippen LogP contribution in [0.1, 0.15) is 47.8 Å². The van der Waals surface area contributed by atoms with Crippen molar-refractivity contribution in [2.45, 2.75) is 39.3 Å². The highest BCUT2D eigenvalue weighted by molar-refractivity contribution is 5.95. The predicted octanol–water partition coefficient (Wildman–Crippen LogP) is 5.10. The molecule has 0 N–H and O–H groups in total. The summed E-state index contributed by atoms with van der Waals surface area (Å²) in [6.07, 6.45) is 5.30. The smallest absolute Gasteiger partial charge is 0.254 e. The quantitative estimate of drug-likeness (QED) is 0.466. The normalized spacial score (nSPS) is 12.2. The number of amides is 1. The summed E-state index contributed by atoms with van der Waals surface area (Å²) in [5.74, 6) is 1.36. The van der Waals surface area contributed by atoms with Crippen LogP contribution in [-0.4, -0.2) is 28.7 Å². The number of carbonyl (C=O) groups is 1. The maximum atomic E-state index is 13.4. The van der Waals surface area contributed by atoms with Crippen LogP contribution in [0.25, 0.3) is 0 Å². The molecule has 30 heavy (non-hydrogen) atoms. The molecular formula is C25H28N2O3. The van der Waals surface area contributed by atoms with Crippen molar-refractivity contribution in [2.24, 2.45) is 0 Å². The van der Waals surface area contributed by atoms with Crippen molar-refractivity contribution in [3.05, 3.63) is 83.7 Å². The Labute approximate surface area is 177 Å². The first kappa shape index (κ1) is 20.1. The van der Waals surface area contributed by atoms with Gasteiger partial charge in [0.15, 0.2) is 11.5 Å². The van der Waals surface area contributed by atoms with E-state index in [1.165, 1.54) is 5.56 Å². The van der Waals surface area contributed by atoms with E-state index in [-0.39, 0.29) is 12.7 Å². The van der Waals surface area contributed by atoms with Crippen molar-refractivity contribution in [2.75, 3.05) is 13.3 Å². The third-order valence-electron chi connectivity index (χ3n) is 5.41. The maximum absolute atomic E-state index is 13.4. The molecule has 5 heteroatoms. The van der Waals surface area contributed by atoms with Crippen LogP contribution in [0.3, 0.4) is 0 Å². The molecule has 2 aromatic carbocycles. The van der Waals surface area contributed by atoms with Gasteiger partial charge in [-0.1, -0.05) is 50.1 Å². The molecule has 2 heterocycles. The number of rotatable bonds is 9. The summed E-state index contributed by atoms with van der Waals surface area (Å²) < 4.78 is 13.1. The minimum Gasteiger partial charge on any atom is -0.454 e. The second kappa shape index (κ2) is 9.53. The molecule has 4 rings (SSSR count). The predicted molar refractivity (Wildman–Crippen MR) is 117 cm³/mol. The summed E-state index contributed by atoms with van der Waals surface area (Å²) in [6, 6.07) is 20.0. The van der Waals surface area contributed by atoms with E-state index in [0.29, 0.717) is 23.6 Å². The molecule has 0 saturated carbocycles. The Morgan fingerprint density at radius 2 is 1.83 bits per heavy atom. The van der Waals surface area contributed by atoms with Gasteiger partial charge in [-0.3, -0.25) is 4.79 Å².